The Hall–Kier alpha value is -3.89. The van der Waals surface area contributed by atoms with E-state index in [0.717, 1.165) is 23.8 Å². The van der Waals surface area contributed by atoms with Crippen molar-refractivity contribution in [2.45, 2.75) is 74.7 Å². The molecule has 3 amide bonds. The number of aromatic nitrogens is 3. The highest BCUT2D eigenvalue weighted by Gasteiger charge is 2.49. The van der Waals surface area contributed by atoms with Crippen LogP contribution in [0.3, 0.4) is 0 Å². The first kappa shape index (κ1) is 30.1. The maximum atomic E-state index is 15.5. The Balaban J connectivity index is 1.33. The lowest BCUT2D eigenvalue weighted by atomic mass is 9.82. The number of nitrogens with one attached hydrogen (secondary N) is 2. The Kier molecular flexibility index (Phi) is 7.70. The molecule has 238 valence electrons. The van der Waals surface area contributed by atoms with Crippen molar-refractivity contribution in [1.29, 1.82) is 0 Å². The van der Waals surface area contributed by atoms with Crippen LogP contribution in [0.5, 0.6) is 0 Å². The second-order valence-electron chi connectivity index (χ2n) is 11.5. The van der Waals surface area contributed by atoms with Gasteiger partial charge in [-0.15, -0.1) is 0 Å². The maximum absolute atomic E-state index is 15.5. The molecule has 3 atom stereocenters. The molecule has 44 heavy (non-hydrogen) atoms. The van der Waals surface area contributed by atoms with Crippen LogP contribution in [0.2, 0.25) is 0 Å². The zero-order valence-corrected chi connectivity index (χ0v) is 23.3. The fourth-order valence-corrected chi connectivity index (χ4v) is 5.85. The Morgan fingerprint density at radius 2 is 1.93 bits per heavy atom. The number of alkyl halides is 5. The minimum atomic E-state index is -4.69. The minimum absolute atomic E-state index is 0.0112. The van der Waals surface area contributed by atoms with Gasteiger partial charge in [0.1, 0.15) is 23.3 Å². The number of fused-ring (bicyclic) bond motifs is 1. The van der Waals surface area contributed by atoms with Gasteiger partial charge in [-0.2, -0.15) is 13.2 Å². The summed E-state index contributed by atoms with van der Waals surface area (Å²) in [4.78, 5) is 31.0. The third kappa shape index (κ3) is 5.93. The molecule has 1 aromatic carbocycles. The average molecular weight is 631 g/mol. The van der Waals surface area contributed by atoms with Crippen LogP contribution in [-0.4, -0.2) is 70.5 Å². The van der Waals surface area contributed by atoms with Crippen LogP contribution in [0.1, 0.15) is 84.2 Å². The van der Waals surface area contributed by atoms with Crippen LogP contribution < -0.4 is 10.6 Å². The summed E-state index contributed by atoms with van der Waals surface area (Å²) in [6, 6.07) is -2.92. The number of carbonyl (C=O) groups is 2. The van der Waals surface area contributed by atoms with Gasteiger partial charge in [-0.3, -0.25) is 4.79 Å². The molecule has 6 rings (SSSR count). The van der Waals surface area contributed by atoms with Crippen molar-refractivity contribution in [1.82, 2.24) is 30.8 Å². The van der Waals surface area contributed by atoms with E-state index in [1.807, 2.05) is 5.32 Å². The standard InChI is InChI=1S/C27H28F6N6O5/c1-42-11-17(39-10-18(27(31,32)33)35-25(39)41)14-8-15(28)22-16(9-14)34-24(43-22)20(13-4-6-26(29,30)7-5-13)36-23(40)21-19(12-2-3-12)37-44-38-21/h8-9,12-13,17-18,20H,2-7,10-11H2,1H3,(H,35,41)(H,36,40)/t17-,18+,20+/m1/s1. The van der Waals surface area contributed by atoms with E-state index in [4.69, 9.17) is 13.8 Å². The second-order valence-corrected chi connectivity index (χ2v) is 11.5. The van der Waals surface area contributed by atoms with Gasteiger partial charge >= 0.3 is 12.2 Å². The van der Waals surface area contributed by atoms with Crippen LogP contribution in [0.25, 0.3) is 11.1 Å². The highest BCUT2D eigenvalue weighted by Crippen LogP contribution is 2.43. The van der Waals surface area contributed by atoms with Crippen molar-refractivity contribution in [2.75, 3.05) is 20.3 Å². The predicted octanol–water partition coefficient (Wildman–Crippen LogP) is 5.17. The molecular weight excluding hydrogens is 602 g/mol. The van der Waals surface area contributed by atoms with Crippen LogP contribution in [0.4, 0.5) is 31.1 Å². The van der Waals surface area contributed by atoms with Gasteiger partial charge in [0.15, 0.2) is 17.1 Å². The van der Waals surface area contributed by atoms with Crippen LogP contribution in [0, 0.1) is 11.7 Å². The number of urea groups is 1. The predicted molar refractivity (Wildman–Crippen MR) is 137 cm³/mol. The number of methoxy groups -OCH3 is 1. The zero-order valence-electron chi connectivity index (χ0n) is 23.3. The molecule has 0 spiro atoms. The van der Waals surface area contributed by atoms with E-state index in [1.54, 1.807) is 0 Å². The molecule has 2 aromatic heterocycles. The van der Waals surface area contributed by atoms with E-state index in [1.165, 1.54) is 13.2 Å². The summed E-state index contributed by atoms with van der Waals surface area (Å²) < 4.78 is 99.1. The van der Waals surface area contributed by atoms with Gasteiger partial charge in [-0.25, -0.2) is 27.6 Å². The number of benzene rings is 1. The molecule has 3 fully saturated rings. The molecule has 2 N–H and O–H groups in total. The average Bonchev–Trinajstić information content (AvgIpc) is 3.33. The lowest BCUT2D eigenvalue weighted by molar-refractivity contribution is -0.150. The Morgan fingerprint density at radius 3 is 2.57 bits per heavy atom. The van der Waals surface area contributed by atoms with Gasteiger partial charge in [0.05, 0.1) is 19.2 Å². The first-order valence-electron chi connectivity index (χ1n) is 14.1. The van der Waals surface area contributed by atoms with Crippen molar-refractivity contribution in [3.8, 4) is 0 Å². The SMILES string of the molecule is COC[C@H](c1cc(F)c2oc([C@@H](NC(=O)c3nonc3C3CC3)C3CCC(F)(F)CC3)nc2c1)N1C[C@@H](C(F)(F)F)NC1=O. The summed E-state index contributed by atoms with van der Waals surface area (Å²) in [7, 11) is 1.28. The van der Waals surface area contributed by atoms with Gasteiger partial charge in [0, 0.05) is 25.9 Å². The third-order valence-electron chi connectivity index (χ3n) is 8.38. The topological polar surface area (TPSA) is 136 Å². The number of hydrogen-bond acceptors (Lipinski definition) is 8. The Bertz CT molecular complexity index is 1550. The molecular formula is C27H28F6N6O5. The largest absolute Gasteiger partial charge is 0.435 e. The van der Waals surface area contributed by atoms with Crippen molar-refractivity contribution < 1.29 is 49.7 Å². The lowest BCUT2D eigenvalue weighted by Crippen LogP contribution is -2.40. The van der Waals surface area contributed by atoms with E-state index in [9.17, 15) is 31.5 Å². The van der Waals surface area contributed by atoms with Crippen LogP contribution in [0.15, 0.2) is 21.2 Å². The van der Waals surface area contributed by atoms with Gasteiger partial charge in [-0.1, -0.05) is 5.16 Å². The fourth-order valence-electron chi connectivity index (χ4n) is 5.85. The number of oxazole rings is 1. The number of carbonyl (C=O) groups excluding carboxylic acids is 2. The molecule has 1 aliphatic heterocycles. The van der Waals surface area contributed by atoms with E-state index >= 15 is 4.39 Å². The number of ether oxygens (including phenoxy) is 1. The molecule has 2 aliphatic carbocycles. The summed E-state index contributed by atoms with van der Waals surface area (Å²) in [6.07, 6.45) is -3.92. The monoisotopic (exact) mass is 630 g/mol. The molecule has 0 radical (unpaired) electrons. The summed E-state index contributed by atoms with van der Waals surface area (Å²) in [6.45, 7) is -0.974. The normalized spacial score (nSPS) is 22.3. The highest BCUT2D eigenvalue weighted by molar-refractivity contribution is 5.93. The quantitative estimate of drug-likeness (QED) is 0.310. The number of amides is 3. The van der Waals surface area contributed by atoms with Crippen molar-refractivity contribution in [3.05, 3.63) is 40.8 Å². The van der Waals surface area contributed by atoms with Gasteiger partial charge < -0.3 is 24.7 Å². The molecule has 3 aliphatic rings. The molecule has 3 aromatic rings. The van der Waals surface area contributed by atoms with Gasteiger partial charge in [-0.05, 0) is 54.5 Å². The summed E-state index contributed by atoms with van der Waals surface area (Å²) in [5.74, 6) is -5.16. The van der Waals surface area contributed by atoms with Gasteiger partial charge in [0.25, 0.3) is 5.91 Å². The molecule has 17 heteroatoms. The number of hydrogen-bond donors (Lipinski definition) is 2. The molecule has 0 unspecified atom stereocenters. The second kappa shape index (κ2) is 11.2. The number of rotatable bonds is 9. The van der Waals surface area contributed by atoms with Crippen LogP contribution in [-0.2, 0) is 4.74 Å². The smallest absolute Gasteiger partial charge is 0.410 e. The Labute approximate surface area is 245 Å². The fraction of sp³-hybridized carbons (Fsp3) is 0.593. The first-order chi connectivity index (χ1) is 20.8. The van der Waals surface area contributed by atoms with Crippen LogP contribution >= 0.6 is 0 Å². The molecule has 11 nitrogen and oxygen atoms in total. The van der Waals surface area contributed by atoms with Crippen molar-refractivity contribution in [2.24, 2.45) is 5.92 Å². The highest BCUT2D eigenvalue weighted by atomic mass is 19.4. The van der Waals surface area contributed by atoms with Gasteiger partial charge in [0.2, 0.25) is 11.8 Å². The first-order valence-corrected chi connectivity index (χ1v) is 14.1. The number of nitrogens with zero attached hydrogens (tertiary/aromatic N) is 4. The van der Waals surface area contributed by atoms with E-state index in [0.29, 0.717) is 5.69 Å². The molecule has 0 bridgehead atoms. The summed E-state index contributed by atoms with van der Waals surface area (Å²) >= 11 is 0. The maximum Gasteiger partial charge on any atom is 0.410 e. The minimum Gasteiger partial charge on any atom is -0.435 e. The lowest BCUT2D eigenvalue weighted by Gasteiger charge is -2.32. The van der Waals surface area contributed by atoms with E-state index < -0.39 is 73.3 Å². The summed E-state index contributed by atoms with van der Waals surface area (Å²) in [5.41, 5.74) is 0.0564. The van der Waals surface area contributed by atoms with E-state index in [2.05, 4.69) is 20.6 Å². The van der Waals surface area contributed by atoms with Crippen molar-refractivity contribution >= 4 is 23.0 Å². The Morgan fingerprint density at radius 1 is 1.20 bits per heavy atom. The molecule has 1 saturated heterocycles. The molecule has 3 heterocycles. The van der Waals surface area contributed by atoms with E-state index in [-0.39, 0.29) is 53.6 Å². The third-order valence-corrected chi connectivity index (χ3v) is 8.38. The zero-order chi connectivity index (χ0) is 31.4. The summed E-state index contributed by atoms with van der Waals surface area (Å²) in [5, 5.41) is 12.2. The number of halogens is 6. The van der Waals surface area contributed by atoms with Crippen molar-refractivity contribution in [3.63, 3.8) is 0 Å². The molecule has 2 saturated carbocycles.